The van der Waals surface area contributed by atoms with Gasteiger partial charge in [0.25, 0.3) is 0 Å². The number of rotatable bonds is 2. The van der Waals surface area contributed by atoms with Gasteiger partial charge in [-0.1, -0.05) is 11.6 Å². The normalized spacial score (nSPS) is 11.0. The van der Waals surface area contributed by atoms with Crippen LogP contribution in [0.5, 0.6) is 0 Å². The number of nitrogens with two attached hydrogens (primary N) is 1. The first-order chi connectivity index (χ1) is 6.72. The third-order valence-corrected chi connectivity index (χ3v) is 2.15. The van der Waals surface area contributed by atoms with Gasteiger partial charge in [0.1, 0.15) is 17.5 Å². The van der Waals surface area contributed by atoms with Gasteiger partial charge in [0.15, 0.2) is 0 Å². The number of nitrogen functional groups attached to an aromatic ring is 1. The Bertz CT molecular complexity index is 468. The average Bonchev–Trinajstić information content (AvgIpc) is 2.49. The monoisotopic (exact) mass is 212 g/mol. The molecule has 0 spiro atoms. The first-order valence-electron chi connectivity index (χ1n) is 3.99. The van der Waals surface area contributed by atoms with Crippen LogP contribution < -0.4 is 5.73 Å². The number of hydrogen-bond acceptors (Lipinski definition) is 4. The zero-order valence-electron chi connectivity index (χ0n) is 7.57. The standard InChI is InChI=1S/C8H9ClN4O/c1-14-4-13-3-2-5-6(9)11-8(10)12-7(5)13/h2-3H,4H2,1H3,(H2,10,11,12). The number of hydrogen-bond donors (Lipinski definition) is 1. The van der Waals surface area contributed by atoms with E-state index in [0.29, 0.717) is 17.5 Å². The highest BCUT2D eigenvalue weighted by atomic mass is 35.5. The molecule has 2 aromatic heterocycles. The zero-order chi connectivity index (χ0) is 10.1. The van der Waals surface area contributed by atoms with E-state index in [1.165, 1.54) is 0 Å². The van der Waals surface area contributed by atoms with Crippen LogP contribution in [-0.4, -0.2) is 21.6 Å². The van der Waals surface area contributed by atoms with Crippen LogP contribution in [0.1, 0.15) is 0 Å². The molecule has 0 amide bonds. The number of ether oxygens (including phenoxy) is 1. The lowest BCUT2D eigenvalue weighted by Crippen LogP contribution is -2.02. The predicted octanol–water partition coefficient (Wildman–Crippen LogP) is 1.27. The van der Waals surface area contributed by atoms with Crippen molar-refractivity contribution in [3.8, 4) is 0 Å². The third-order valence-electron chi connectivity index (χ3n) is 1.86. The predicted molar refractivity (Wildman–Crippen MR) is 54.0 cm³/mol. The van der Waals surface area contributed by atoms with Crippen molar-refractivity contribution in [3.63, 3.8) is 0 Å². The summed E-state index contributed by atoms with van der Waals surface area (Å²) in [4.78, 5) is 7.93. The van der Waals surface area contributed by atoms with Gasteiger partial charge in [-0.05, 0) is 6.07 Å². The number of nitrogens with zero attached hydrogens (tertiary/aromatic N) is 3. The van der Waals surface area contributed by atoms with Gasteiger partial charge in [-0.2, -0.15) is 4.98 Å². The summed E-state index contributed by atoms with van der Waals surface area (Å²) >= 11 is 5.89. The van der Waals surface area contributed by atoms with Gasteiger partial charge >= 0.3 is 0 Å². The molecule has 2 heterocycles. The lowest BCUT2D eigenvalue weighted by atomic mass is 10.4. The van der Waals surface area contributed by atoms with Gasteiger partial charge in [-0.25, -0.2) is 4.98 Å². The van der Waals surface area contributed by atoms with Crippen LogP contribution in [0.25, 0.3) is 11.0 Å². The smallest absolute Gasteiger partial charge is 0.223 e. The molecule has 0 aliphatic heterocycles. The quantitative estimate of drug-likeness (QED) is 0.762. The molecule has 0 aliphatic carbocycles. The second-order valence-corrected chi connectivity index (χ2v) is 3.17. The van der Waals surface area contributed by atoms with Crippen LogP contribution >= 0.6 is 11.6 Å². The van der Waals surface area contributed by atoms with E-state index in [9.17, 15) is 0 Å². The Morgan fingerprint density at radius 3 is 3.07 bits per heavy atom. The molecule has 0 aromatic carbocycles. The van der Waals surface area contributed by atoms with Crippen LogP contribution in [0, 0.1) is 0 Å². The summed E-state index contributed by atoms with van der Waals surface area (Å²) in [6, 6.07) is 1.83. The number of halogens is 1. The molecular formula is C8H9ClN4O. The second kappa shape index (κ2) is 3.43. The maximum absolute atomic E-state index is 5.89. The van der Waals surface area contributed by atoms with Crippen LogP contribution in [0.15, 0.2) is 12.3 Å². The number of fused-ring (bicyclic) bond motifs is 1. The Kier molecular flexibility index (Phi) is 2.26. The molecule has 0 fully saturated rings. The van der Waals surface area contributed by atoms with Crippen LogP contribution in [0.4, 0.5) is 5.95 Å². The maximum atomic E-state index is 5.89. The van der Waals surface area contributed by atoms with Crippen molar-refractivity contribution >= 4 is 28.6 Å². The number of anilines is 1. The minimum absolute atomic E-state index is 0.165. The molecule has 0 unspecified atom stereocenters. The first kappa shape index (κ1) is 9.23. The number of aromatic nitrogens is 3. The summed E-state index contributed by atoms with van der Waals surface area (Å²) in [5, 5.41) is 1.14. The molecule has 0 atom stereocenters. The fourth-order valence-electron chi connectivity index (χ4n) is 1.29. The highest BCUT2D eigenvalue weighted by molar-refractivity contribution is 6.34. The highest BCUT2D eigenvalue weighted by Crippen LogP contribution is 2.21. The van der Waals surface area contributed by atoms with Crippen LogP contribution in [0.2, 0.25) is 5.15 Å². The molecule has 2 rings (SSSR count). The zero-order valence-corrected chi connectivity index (χ0v) is 8.32. The van der Waals surface area contributed by atoms with Gasteiger partial charge in [0.05, 0.1) is 5.39 Å². The molecule has 0 saturated heterocycles. The highest BCUT2D eigenvalue weighted by Gasteiger charge is 2.07. The van der Waals surface area contributed by atoms with E-state index in [0.717, 1.165) is 5.39 Å². The topological polar surface area (TPSA) is 66.0 Å². The molecule has 0 bridgehead atoms. The van der Waals surface area contributed by atoms with E-state index < -0.39 is 0 Å². The molecule has 74 valence electrons. The minimum Gasteiger partial charge on any atom is -0.368 e. The maximum Gasteiger partial charge on any atom is 0.223 e. The summed E-state index contributed by atoms with van der Waals surface area (Å²) in [5.41, 5.74) is 6.17. The largest absolute Gasteiger partial charge is 0.368 e. The van der Waals surface area contributed by atoms with Gasteiger partial charge in [-0.3, -0.25) is 0 Å². The van der Waals surface area contributed by atoms with Gasteiger partial charge in [0, 0.05) is 13.3 Å². The van der Waals surface area contributed by atoms with Gasteiger partial charge in [0.2, 0.25) is 5.95 Å². The fraction of sp³-hybridized carbons (Fsp3) is 0.250. The van der Waals surface area contributed by atoms with E-state index in [2.05, 4.69) is 9.97 Å². The summed E-state index contributed by atoms with van der Waals surface area (Å²) < 4.78 is 6.80. The lowest BCUT2D eigenvalue weighted by Gasteiger charge is -2.02. The van der Waals surface area contributed by atoms with Gasteiger partial charge in [-0.15, -0.1) is 0 Å². The molecule has 2 N–H and O–H groups in total. The van der Waals surface area contributed by atoms with Crippen molar-refractivity contribution in [2.45, 2.75) is 6.73 Å². The molecule has 5 nitrogen and oxygen atoms in total. The Hall–Kier alpha value is -1.33. The van der Waals surface area contributed by atoms with Crippen molar-refractivity contribution in [3.05, 3.63) is 17.4 Å². The summed E-state index contributed by atoms with van der Waals surface area (Å²) in [5.74, 6) is 0.165. The van der Waals surface area contributed by atoms with Crippen molar-refractivity contribution in [1.82, 2.24) is 14.5 Å². The van der Waals surface area contributed by atoms with E-state index in [1.807, 2.05) is 12.3 Å². The molecule has 0 radical (unpaired) electrons. The minimum atomic E-state index is 0.165. The Labute approximate surface area is 85.5 Å². The SMILES string of the molecule is COCn1ccc2c(Cl)nc(N)nc21. The van der Waals surface area contributed by atoms with Crippen LogP contribution in [0.3, 0.4) is 0 Å². The Morgan fingerprint density at radius 1 is 1.57 bits per heavy atom. The number of methoxy groups -OCH3 is 1. The molecule has 6 heteroatoms. The van der Waals surface area contributed by atoms with Crippen molar-refractivity contribution < 1.29 is 4.74 Å². The van der Waals surface area contributed by atoms with Crippen molar-refractivity contribution in [1.29, 1.82) is 0 Å². The molecular weight excluding hydrogens is 204 g/mol. The molecule has 14 heavy (non-hydrogen) atoms. The Balaban J connectivity index is 2.66. The third kappa shape index (κ3) is 1.40. The summed E-state index contributed by atoms with van der Waals surface area (Å²) in [7, 11) is 1.61. The van der Waals surface area contributed by atoms with Crippen molar-refractivity contribution in [2.75, 3.05) is 12.8 Å². The fourth-order valence-corrected chi connectivity index (χ4v) is 1.52. The Morgan fingerprint density at radius 2 is 2.36 bits per heavy atom. The van der Waals surface area contributed by atoms with E-state index in [-0.39, 0.29) is 5.95 Å². The average molecular weight is 213 g/mol. The lowest BCUT2D eigenvalue weighted by molar-refractivity contribution is 0.134. The van der Waals surface area contributed by atoms with E-state index >= 15 is 0 Å². The van der Waals surface area contributed by atoms with Gasteiger partial charge < -0.3 is 15.0 Å². The summed E-state index contributed by atoms with van der Waals surface area (Å²) in [6.07, 6.45) is 1.83. The summed E-state index contributed by atoms with van der Waals surface area (Å²) in [6.45, 7) is 0.413. The molecule has 0 aliphatic rings. The second-order valence-electron chi connectivity index (χ2n) is 2.81. The van der Waals surface area contributed by atoms with E-state index in [1.54, 1.807) is 11.7 Å². The van der Waals surface area contributed by atoms with Crippen LogP contribution in [-0.2, 0) is 11.5 Å². The molecule has 2 aromatic rings. The van der Waals surface area contributed by atoms with E-state index in [4.69, 9.17) is 22.1 Å². The van der Waals surface area contributed by atoms with Crippen molar-refractivity contribution in [2.24, 2.45) is 0 Å². The molecule has 0 saturated carbocycles. The first-order valence-corrected chi connectivity index (χ1v) is 4.37.